The Morgan fingerprint density at radius 1 is 0.800 bits per heavy atom. The second-order valence-corrected chi connectivity index (χ2v) is 12.1. The van der Waals surface area contributed by atoms with Crippen molar-refractivity contribution in [2.45, 2.75) is 93.2 Å². The molecular weight excluding hydrogens is 424 g/mol. The first-order chi connectivity index (χ1) is 15.8. The number of hydrogen-bond donors (Lipinski definition) is 0. The van der Waals surface area contributed by atoms with Gasteiger partial charge in [-0.05, 0) is 105 Å². The van der Waals surface area contributed by atoms with Crippen molar-refractivity contribution >= 4 is 22.9 Å². The van der Waals surface area contributed by atoms with Crippen LogP contribution in [-0.4, -0.2) is 24.2 Å². The molecule has 2 nitrogen and oxygen atoms in total. The third-order valence-corrected chi connectivity index (χ3v) is 8.59. The number of nitrogens with zero attached hydrogens (tertiary/aromatic N) is 2. The number of anilines is 1. The highest BCUT2D eigenvalue weighted by Gasteiger charge is 2.38. The normalized spacial score (nSPS) is 20.3. The van der Waals surface area contributed by atoms with Gasteiger partial charge in [-0.2, -0.15) is 0 Å². The molecule has 2 aromatic carbocycles. The maximum Gasteiger partial charge on any atom is 0.208 e. The molecule has 0 amide bonds. The Morgan fingerprint density at radius 3 is 2.09 bits per heavy atom. The van der Waals surface area contributed by atoms with Gasteiger partial charge in [0, 0.05) is 48.7 Å². The summed E-state index contributed by atoms with van der Waals surface area (Å²) in [6.07, 6.45) is 7.29. The minimum atomic E-state index is -0.0687. The molecule has 2 aliphatic heterocycles. The Balaban J connectivity index is 0.00000289. The Hall–Kier alpha value is -2.61. The summed E-state index contributed by atoms with van der Waals surface area (Å²) < 4.78 is 2.56. The van der Waals surface area contributed by atoms with E-state index in [1.165, 1.54) is 55.2 Å². The molecule has 2 aromatic rings. The highest BCUT2D eigenvalue weighted by molar-refractivity contribution is 5.85. The highest BCUT2D eigenvalue weighted by Crippen LogP contribution is 2.44. The van der Waals surface area contributed by atoms with Crippen LogP contribution in [0.15, 0.2) is 36.4 Å². The summed E-state index contributed by atoms with van der Waals surface area (Å²) in [5, 5.41) is 2.74. The van der Waals surface area contributed by atoms with Crippen LogP contribution in [0.25, 0.3) is 17.2 Å². The lowest BCUT2D eigenvalue weighted by Gasteiger charge is -2.44. The molecule has 0 N–H and O–H groups in total. The molecule has 2 heterocycles. The van der Waals surface area contributed by atoms with E-state index in [0.29, 0.717) is 0 Å². The van der Waals surface area contributed by atoms with Crippen molar-refractivity contribution in [2.24, 2.45) is 0 Å². The predicted molar refractivity (Wildman–Crippen MR) is 155 cm³/mol. The van der Waals surface area contributed by atoms with Crippen LogP contribution in [0, 0.1) is 0 Å². The molecule has 2 heteroatoms. The minimum Gasteiger partial charge on any atom is -0.363 e. The number of benzene rings is 2. The van der Waals surface area contributed by atoms with Crippen molar-refractivity contribution in [2.75, 3.05) is 18.0 Å². The Morgan fingerprint density at radius 2 is 1.46 bits per heavy atom. The van der Waals surface area contributed by atoms with Crippen molar-refractivity contribution in [1.82, 2.24) is 4.58 Å². The zero-order chi connectivity index (χ0) is 24.8. The summed E-state index contributed by atoms with van der Waals surface area (Å²) in [5.74, 6) is 0. The third kappa shape index (κ3) is 3.55. The van der Waals surface area contributed by atoms with Gasteiger partial charge in [-0.15, -0.1) is 0 Å². The molecule has 0 bridgehead atoms. The smallest absolute Gasteiger partial charge is 0.208 e. The quantitative estimate of drug-likeness (QED) is 0.454. The van der Waals surface area contributed by atoms with Gasteiger partial charge in [0.25, 0.3) is 0 Å². The van der Waals surface area contributed by atoms with Gasteiger partial charge in [-0.1, -0.05) is 27.4 Å². The molecule has 5 rings (SSSR count). The van der Waals surface area contributed by atoms with Gasteiger partial charge in [-0.25, -0.2) is 4.58 Å². The largest absolute Gasteiger partial charge is 0.363 e. The minimum absolute atomic E-state index is 0. The lowest BCUT2D eigenvalue weighted by Crippen LogP contribution is -2.50. The van der Waals surface area contributed by atoms with Crippen LogP contribution in [0.3, 0.4) is 0 Å². The van der Waals surface area contributed by atoms with Gasteiger partial charge in [0.05, 0.1) is 5.54 Å². The summed E-state index contributed by atoms with van der Waals surface area (Å²) in [6, 6.07) is 9.89. The van der Waals surface area contributed by atoms with Crippen LogP contribution in [0.5, 0.6) is 0 Å². The van der Waals surface area contributed by atoms with Gasteiger partial charge in [0.15, 0.2) is 5.54 Å². The molecular formula is C33H45N2+. The van der Waals surface area contributed by atoms with Crippen molar-refractivity contribution in [1.29, 1.82) is 0 Å². The van der Waals surface area contributed by atoms with Gasteiger partial charge in [0.2, 0.25) is 5.36 Å². The van der Waals surface area contributed by atoms with Gasteiger partial charge < -0.3 is 4.90 Å². The molecule has 1 aliphatic carbocycles. The maximum atomic E-state index is 2.56. The lowest BCUT2D eigenvalue weighted by atomic mass is 9.70. The molecule has 0 atom stereocenters. The van der Waals surface area contributed by atoms with Crippen molar-refractivity contribution in [3.63, 3.8) is 0 Å². The summed E-state index contributed by atoms with van der Waals surface area (Å²) in [5.41, 5.74) is 11.1. The predicted octanol–water partition coefficient (Wildman–Crippen LogP) is 6.52. The molecule has 0 saturated carbocycles. The summed E-state index contributed by atoms with van der Waals surface area (Å²) in [4.78, 5) is 2.56. The van der Waals surface area contributed by atoms with E-state index in [-0.39, 0.29) is 23.9 Å². The zero-order valence-electron chi connectivity index (χ0n) is 22.9. The van der Waals surface area contributed by atoms with E-state index in [2.05, 4.69) is 121 Å². The number of likely N-dealkylation sites (N-methyl/N-ethyl adjacent to an activating group) is 2. The van der Waals surface area contributed by atoms with E-state index < -0.39 is 0 Å². The molecule has 0 unspecified atom stereocenters. The van der Waals surface area contributed by atoms with Gasteiger partial charge in [0.1, 0.15) is 6.54 Å². The number of hydrogen-bond acceptors (Lipinski definition) is 1. The highest BCUT2D eigenvalue weighted by atomic mass is 15.2. The van der Waals surface area contributed by atoms with E-state index in [4.69, 9.17) is 0 Å². The van der Waals surface area contributed by atoms with Gasteiger partial charge in [-0.3, -0.25) is 0 Å². The second kappa shape index (κ2) is 7.95. The Kier molecular flexibility index (Phi) is 5.79. The fourth-order valence-electron chi connectivity index (χ4n) is 7.07. The van der Waals surface area contributed by atoms with Crippen LogP contribution in [0.2, 0.25) is 0 Å². The van der Waals surface area contributed by atoms with E-state index in [1.807, 2.05) is 0 Å². The lowest BCUT2D eigenvalue weighted by molar-refractivity contribution is 0.401. The molecule has 0 spiro atoms. The molecule has 35 heavy (non-hydrogen) atoms. The standard InChI is InChI=1S/C32H41N2.CH4/c1-11-33-28-16-26-22(14-24(28)20(3)18-30(33,5)6)13-23-15-25-21(4)19-31(7,8)34(12-2)29(25)17-27(23)32(26,9)10;/h13-19H,11-12H2,1-10H3;1H4/q+1;. The monoisotopic (exact) mass is 469 g/mol. The first-order valence-corrected chi connectivity index (χ1v) is 13.0. The van der Waals surface area contributed by atoms with Crippen molar-refractivity contribution in [3.8, 4) is 0 Å². The number of allylic oxidation sites excluding steroid dienone is 2. The molecule has 3 aliphatic rings. The molecule has 0 aromatic heterocycles. The zero-order valence-corrected chi connectivity index (χ0v) is 22.9. The first-order valence-electron chi connectivity index (χ1n) is 13.0. The summed E-state index contributed by atoms with van der Waals surface area (Å²) in [7, 11) is 0. The average Bonchev–Trinajstić information content (AvgIpc) is 2.72. The SMILES string of the molecule is C.CCN1c2cc3c(cc2C(C)=CC1(C)C)C=c1cc2c(cc1C3(C)C)=[N+](CC)C(C)(C)C=C2C. The van der Waals surface area contributed by atoms with Crippen molar-refractivity contribution in [3.05, 3.63) is 74.8 Å². The van der Waals surface area contributed by atoms with E-state index in [1.54, 1.807) is 0 Å². The topological polar surface area (TPSA) is 6.25 Å². The number of fused-ring (bicyclic) bond motifs is 4. The summed E-state index contributed by atoms with van der Waals surface area (Å²) >= 11 is 0. The average molecular weight is 470 g/mol. The van der Waals surface area contributed by atoms with Crippen molar-refractivity contribution < 1.29 is 0 Å². The van der Waals surface area contributed by atoms with E-state index in [0.717, 1.165) is 13.1 Å². The summed E-state index contributed by atoms with van der Waals surface area (Å²) in [6.45, 7) is 25.2. The molecule has 0 radical (unpaired) electrons. The Bertz CT molecular complexity index is 1410. The first kappa shape index (κ1) is 25.5. The van der Waals surface area contributed by atoms with Crippen LogP contribution < -0.4 is 20.1 Å². The van der Waals surface area contributed by atoms with Crippen LogP contribution >= 0.6 is 0 Å². The van der Waals surface area contributed by atoms with Crippen LogP contribution in [0.1, 0.15) is 104 Å². The second-order valence-electron chi connectivity index (χ2n) is 12.1. The fourth-order valence-corrected chi connectivity index (χ4v) is 7.07. The number of rotatable bonds is 2. The molecule has 0 fully saturated rings. The molecule has 186 valence electrons. The fraction of sp³-hybridized carbons (Fsp3) is 0.485. The maximum absolute atomic E-state index is 2.56. The molecule has 0 saturated heterocycles. The third-order valence-electron chi connectivity index (χ3n) is 8.59. The van der Waals surface area contributed by atoms with Crippen LogP contribution in [-0.2, 0) is 5.41 Å². The van der Waals surface area contributed by atoms with Gasteiger partial charge >= 0.3 is 0 Å². The van der Waals surface area contributed by atoms with E-state index >= 15 is 0 Å². The van der Waals surface area contributed by atoms with Crippen LogP contribution in [0.4, 0.5) is 5.69 Å². The Labute approximate surface area is 213 Å². The van der Waals surface area contributed by atoms with E-state index in [9.17, 15) is 0 Å².